The fraction of sp³-hybridized carbons (Fsp3) is 0.667. The first-order chi connectivity index (χ1) is 24.9. The lowest BCUT2D eigenvalue weighted by Crippen LogP contribution is -2.41. The second-order valence-corrected chi connectivity index (χ2v) is 18.2. The first-order valence-electron chi connectivity index (χ1n) is 19.8. The smallest absolute Gasteiger partial charge is 0.157 e. The predicted molar refractivity (Wildman–Crippen MR) is 231 cm³/mol. The molecule has 0 N–H and O–H groups in total. The Bertz CT molecular complexity index is 1450. The molecule has 0 spiro atoms. The summed E-state index contributed by atoms with van der Waals surface area (Å²) in [6.07, 6.45) is 7.35. The van der Waals surface area contributed by atoms with Gasteiger partial charge in [0.05, 0.1) is 31.5 Å². The van der Waals surface area contributed by atoms with Crippen molar-refractivity contribution in [1.82, 2.24) is 14.5 Å². The van der Waals surface area contributed by atoms with E-state index >= 15 is 0 Å². The van der Waals surface area contributed by atoms with Crippen LogP contribution < -0.4 is 4.74 Å². The van der Waals surface area contributed by atoms with Gasteiger partial charge in [0.25, 0.3) is 0 Å². The van der Waals surface area contributed by atoms with E-state index < -0.39 is 9.84 Å². The van der Waals surface area contributed by atoms with E-state index in [1.54, 1.807) is 7.11 Å². The summed E-state index contributed by atoms with van der Waals surface area (Å²) < 4.78 is 40.3. The van der Waals surface area contributed by atoms with Gasteiger partial charge in [0, 0.05) is 45.2 Å². The van der Waals surface area contributed by atoms with Crippen LogP contribution in [0.1, 0.15) is 136 Å². The molecule has 0 saturated carbocycles. The van der Waals surface area contributed by atoms with E-state index in [2.05, 4.69) is 116 Å². The lowest BCUT2D eigenvalue weighted by molar-refractivity contribution is -0.167. The third kappa shape index (κ3) is 22.6. The first-order valence-corrected chi connectivity index (χ1v) is 21.6. The molecule has 8 nitrogen and oxygen atoms in total. The van der Waals surface area contributed by atoms with Crippen LogP contribution in [0.15, 0.2) is 61.1 Å². The molecule has 2 aliphatic heterocycles. The van der Waals surface area contributed by atoms with E-state index in [0.29, 0.717) is 41.1 Å². The summed E-state index contributed by atoms with van der Waals surface area (Å²) in [6.45, 7) is 28.0. The summed E-state index contributed by atoms with van der Waals surface area (Å²) in [5.41, 5.74) is 5.32. The van der Waals surface area contributed by atoms with Crippen molar-refractivity contribution < 1.29 is 22.6 Å². The van der Waals surface area contributed by atoms with E-state index in [9.17, 15) is 8.42 Å². The molecule has 1 unspecified atom stereocenters. The molecule has 2 fully saturated rings. The highest BCUT2D eigenvalue weighted by Crippen LogP contribution is 2.25. The molecule has 3 heterocycles. The highest BCUT2D eigenvalue weighted by Gasteiger charge is 2.21. The van der Waals surface area contributed by atoms with Crippen LogP contribution in [0.5, 0.6) is 5.75 Å². The molecule has 54 heavy (non-hydrogen) atoms. The van der Waals surface area contributed by atoms with Gasteiger partial charge in [-0.25, -0.2) is 13.4 Å². The average Bonchev–Trinajstić information content (AvgIpc) is 3.56. The quantitative estimate of drug-likeness (QED) is 0.214. The Balaban J connectivity index is 0.000000649. The number of hydrogen-bond acceptors (Lipinski definition) is 7. The van der Waals surface area contributed by atoms with Crippen molar-refractivity contribution in [3.63, 3.8) is 0 Å². The molecule has 2 saturated heterocycles. The van der Waals surface area contributed by atoms with Crippen LogP contribution in [0, 0.1) is 18.8 Å². The molecule has 3 aromatic rings. The van der Waals surface area contributed by atoms with Crippen molar-refractivity contribution >= 4 is 9.84 Å². The topological polar surface area (TPSA) is 82.9 Å². The Labute approximate surface area is 332 Å². The molecule has 310 valence electrons. The number of rotatable bonds is 9. The Morgan fingerprint density at radius 2 is 1.44 bits per heavy atom. The van der Waals surface area contributed by atoms with Gasteiger partial charge < -0.3 is 23.7 Å². The number of methoxy groups -OCH3 is 1. The van der Waals surface area contributed by atoms with Gasteiger partial charge in [0.1, 0.15) is 5.75 Å². The second-order valence-electron chi connectivity index (χ2n) is 15.9. The van der Waals surface area contributed by atoms with E-state index in [0.717, 1.165) is 45.0 Å². The minimum atomic E-state index is -2.69. The SMILES string of the molecule is C.CC(C)CN1CCS(=O)(=O)CC1.CC(C)COC1CCCCO1.CC(C)c1cncn1C.COc1ccccc1C(C)C.Cc1ccc(C(C)C)cc1. The normalized spacial score (nSPS) is 16.5. The zero-order valence-electron chi connectivity index (χ0n) is 35.6. The number of nitrogens with zero attached hydrogens (tertiary/aromatic N) is 3. The van der Waals surface area contributed by atoms with Crippen molar-refractivity contribution in [2.45, 2.75) is 127 Å². The zero-order chi connectivity index (χ0) is 40.0. The maximum Gasteiger partial charge on any atom is 0.157 e. The Morgan fingerprint density at radius 1 is 0.833 bits per heavy atom. The number of aromatic nitrogens is 2. The van der Waals surface area contributed by atoms with Gasteiger partial charge in [-0.15, -0.1) is 0 Å². The van der Waals surface area contributed by atoms with Gasteiger partial charge in [0.15, 0.2) is 16.1 Å². The van der Waals surface area contributed by atoms with Crippen LogP contribution in [0.2, 0.25) is 0 Å². The predicted octanol–water partition coefficient (Wildman–Crippen LogP) is 10.7. The number of sulfone groups is 1. The largest absolute Gasteiger partial charge is 0.496 e. The molecule has 1 atom stereocenters. The second kappa shape index (κ2) is 27.8. The van der Waals surface area contributed by atoms with Crippen LogP contribution >= 0.6 is 0 Å². The molecule has 0 bridgehead atoms. The summed E-state index contributed by atoms with van der Waals surface area (Å²) in [7, 11) is 1.03. The fourth-order valence-electron chi connectivity index (χ4n) is 5.61. The molecule has 0 amide bonds. The highest BCUT2D eigenvalue weighted by atomic mass is 32.2. The monoisotopic (exact) mass is 774 g/mol. The molecule has 0 aliphatic carbocycles. The van der Waals surface area contributed by atoms with Gasteiger partial charge in [-0.1, -0.05) is 125 Å². The van der Waals surface area contributed by atoms with E-state index in [4.69, 9.17) is 14.2 Å². The van der Waals surface area contributed by atoms with Crippen LogP contribution in [-0.2, 0) is 26.4 Å². The molecular formula is C45H79N3O5S. The summed E-state index contributed by atoms with van der Waals surface area (Å²) >= 11 is 0. The van der Waals surface area contributed by atoms with Crippen LogP contribution in [0.3, 0.4) is 0 Å². The van der Waals surface area contributed by atoms with E-state index in [1.165, 1.54) is 35.2 Å². The minimum absolute atomic E-state index is 0. The maximum atomic E-state index is 11.1. The number of para-hydroxylation sites is 1. The molecule has 9 heteroatoms. The standard InChI is InChI=1S/C10H14O.C10H14.C9H18O2.C8H17NO2S.C7H12N2.CH4/c1-8(2)9-6-4-5-7-10(9)11-3;1-8(2)10-6-4-9(3)5-7-10;1-8(2)7-11-9-5-3-4-6-10-9;1-8(2)7-9-3-5-12(10,11)6-4-9;1-6(2)7-4-8-5-9(7)3;/h4-8H,1-3H3;4-8H,1-3H3;8-9H,3-7H2,1-2H3;8H,3-7H2,1-2H3;4-6H,1-3H3;1H4. The van der Waals surface area contributed by atoms with Crippen LogP contribution in [0.25, 0.3) is 0 Å². The number of aryl methyl sites for hydroxylation is 2. The number of hydrogen-bond donors (Lipinski definition) is 0. The van der Waals surface area contributed by atoms with Crippen molar-refractivity contribution in [3.05, 3.63) is 83.4 Å². The third-order valence-electron chi connectivity index (χ3n) is 8.76. The Hall–Kier alpha value is -2.72. The van der Waals surface area contributed by atoms with Gasteiger partial charge in [-0.05, 0) is 73.0 Å². The molecular weight excluding hydrogens is 695 g/mol. The number of ether oxygens (including phenoxy) is 3. The summed E-state index contributed by atoms with van der Waals surface area (Å²) in [5.74, 6) is 4.69. The summed E-state index contributed by atoms with van der Waals surface area (Å²) in [4.78, 5) is 6.23. The van der Waals surface area contributed by atoms with Gasteiger partial charge >= 0.3 is 0 Å². The Kier molecular flexibility index (Phi) is 26.4. The van der Waals surface area contributed by atoms with E-state index in [-0.39, 0.29) is 13.7 Å². The fourth-order valence-corrected chi connectivity index (χ4v) is 6.89. The number of imidazole rings is 1. The van der Waals surface area contributed by atoms with Gasteiger partial charge in [-0.3, -0.25) is 0 Å². The van der Waals surface area contributed by atoms with Gasteiger partial charge in [-0.2, -0.15) is 0 Å². The van der Waals surface area contributed by atoms with Gasteiger partial charge in [0.2, 0.25) is 0 Å². The molecule has 2 aromatic carbocycles. The van der Waals surface area contributed by atoms with Crippen molar-refractivity contribution in [2.24, 2.45) is 18.9 Å². The molecule has 0 radical (unpaired) electrons. The van der Waals surface area contributed by atoms with Crippen LogP contribution in [-0.4, -0.2) is 80.6 Å². The molecule has 2 aliphatic rings. The first kappa shape index (κ1) is 51.3. The zero-order valence-corrected chi connectivity index (χ0v) is 36.4. The molecule has 1 aromatic heterocycles. The minimum Gasteiger partial charge on any atom is -0.496 e. The van der Waals surface area contributed by atoms with Crippen molar-refractivity contribution in [3.8, 4) is 5.75 Å². The third-order valence-corrected chi connectivity index (χ3v) is 10.4. The Morgan fingerprint density at radius 3 is 1.85 bits per heavy atom. The number of benzene rings is 2. The average molecular weight is 774 g/mol. The lowest BCUT2D eigenvalue weighted by Gasteiger charge is -2.27. The van der Waals surface area contributed by atoms with E-state index in [1.807, 2.05) is 42.3 Å². The van der Waals surface area contributed by atoms with Crippen molar-refractivity contribution in [1.29, 1.82) is 0 Å². The van der Waals surface area contributed by atoms with Crippen molar-refractivity contribution in [2.75, 3.05) is 51.5 Å². The highest BCUT2D eigenvalue weighted by molar-refractivity contribution is 7.91. The summed E-state index contributed by atoms with van der Waals surface area (Å²) in [5, 5.41) is 0. The van der Waals surface area contributed by atoms with Crippen LogP contribution in [0.4, 0.5) is 0 Å². The lowest BCUT2D eigenvalue weighted by atomic mass is 10.0. The molecule has 5 rings (SSSR count). The summed E-state index contributed by atoms with van der Waals surface area (Å²) in [6, 6.07) is 16.8. The maximum absolute atomic E-state index is 11.1.